The summed E-state index contributed by atoms with van der Waals surface area (Å²) >= 11 is 0. The monoisotopic (exact) mass is 482 g/mol. The second-order valence-corrected chi connectivity index (χ2v) is 8.76. The Morgan fingerprint density at radius 1 is 1.23 bits per heavy atom. The zero-order valence-corrected chi connectivity index (χ0v) is 19.6. The summed E-state index contributed by atoms with van der Waals surface area (Å²) in [5.74, 6) is 0.128. The molecule has 1 N–H and O–H groups in total. The Bertz CT molecular complexity index is 1210. The molecule has 184 valence electrons. The zero-order chi connectivity index (χ0) is 24.4. The smallest absolute Gasteiger partial charge is 0.259 e. The van der Waals surface area contributed by atoms with Crippen LogP contribution in [-0.4, -0.2) is 76.1 Å². The molecule has 3 aromatic rings. The molecule has 0 bridgehead atoms. The van der Waals surface area contributed by atoms with Gasteiger partial charge in [-0.25, -0.2) is 9.37 Å². The minimum atomic E-state index is -0.702. The van der Waals surface area contributed by atoms with Crippen LogP contribution in [0.3, 0.4) is 0 Å². The SMILES string of the molecule is CC(C)n1cnnc1-c1cccc(NC(=O)c2cc3c(cc2F)OC[C@H](CN2CCOCC2)O3)n1. The number of morpholine rings is 1. The Morgan fingerprint density at radius 3 is 2.86 bits per heavy atom. The third kappa shape index (κ3) is 5.10. The predicted octanol–water partition coefficient (Wildman–Crippen LogP) is 2.78. The molecule has 2 aromatic heterocycles. The number of rotatable bonds is 6. The third-order valence-corrected chi connectivity index (χ3v) is 5.91. The van der Waals surface area contributed by atoms with Gasteiger partial charge in [0.15, 0.2) is 17.3 Å². The van der Waals surface area contributed by atoms with E-state index in [2.05, 4.69) is 25.4 Å². The lowest BCUT2D eigenvalue weighted by molar-refractivity contribution is 0.00300. The largest absolute Gasteiger partial charge is 0.486 e. The van der Waals surface area contributed by atoms with E-state index in [9.17, 15) is 9.18 Å². The lowest BCUT2D eigenvalue weighted by atomic mass is 10.1. The van der Waals surface area contributed by atoms with Crippen LogP contribution in [0.25, 0.3) is 11.5 Å². The number of fused-ring (bicyclic) bond motifs is 1. The molecular weight excluding hydrogens is 455 g/mol. The molecule has 35 heavy (non-hydrogen) atoms. The van der Waals surface area contributed by atoms with E-state index in [0.717, 1.165) is 13.1 Å². The van der Waals surface area contributed by atoms with Gasteiger partial charge in [0, 0.05) is 31.7 Å². The number of ether oxygens (including phenoxy) is 3. The second kappa shape index (κ2) is 9.96. The summed E-state index contributed by atoms with van der Waals surface area (Å²) in [5, 5.41) is 10.8. The van der Waals surface area contributed by atoms with Crippen molar-refractivity contribution in [3.8, 4) is 23.0 Å². The van der Waals surface area contributed by atoms with Gasteiger partial charge < -0.3 is 24.1 Å². The maximum atomic E-state index is 14.8. The molecule has 10 nitrogen and oxygen atoms in total. The summed E-state index contributed by atoms with van der Waals surface area (Å²) in [6, 6.07) is 7.85. The molecule has 0 spiro atoms. The number of hydrogen-bond donors (Lipinski definition) is 1. The van der Waals surface area contributed by atoms with Crippen LogP contribution >= 0.6 is 0 Å². The fraction of sp³-hybridized carbons (Fsp3) is 0.417. The Labute approximate surface area is 202 Å². The quantitative estimate of drug-likeness (QED) is 0.572. The molecule has 4 heterocycles. The van der Waals surface area contributed by atoms with Crippen LogP contribution < -0.4 is 14.8 Å². The van der Waals surface area contributed by atoms with Gasteiger partial charge in [0.2, 0.25) is 0 Å². The lowest BCUT2D eigenvalue weighted by Crippen LogP contribution is -2.45. The van der Waals surface area contributed by atoms with Crippen molar-refractivity contribution in [3.63, 3.8) is 0 Å². The van der Waals surface area contributed by atoms with Gasteiger partial charge in [0.05, 0.1) is 18.8 Å². The van der Waals surface area contributed by atoms with E-state index >= 15 is 0 Å². The number of nitrogens with one attached hydrogen (secondary N) is 1. The van der Waals surface area contributed by atoms with E-state index in [0.29, 0.717) is 43.6 Å². The molecule has 0 saturated carbocycles. The van der Waals surface area contributed by atoms with Gasteiger partial charge in [-0.15, -0.1) is 10.2 Å². The van der Waals surface area contributed by atoms with Gasteiger partial charge in [0.1, 0.15) is 36.4 Å². The number of carbonyl (C=O) groups excluding carboxylic acids is 1. The second-order valence-electron chi connectivity index (χ2n) is 8.76. The number of pyridine rings is 1. The Balaban J connectivity index is 1.31. The van der Waals surface area contributed by atoms with E-state index in [4.69, 9.17) is 14.2 Å². The van der Waals surface area contributed by atoms with Crippen LogP contribution in [0.2, 0.25) is 0 Å². The summed E-state index contributed by atoms with van der Waals surface area (Å²) in [7, 11) is 0. The van der Waals surface area contributed by atoms with Crippen molar-refractivity contribution in [1.29, 1.82) is 0 Å². The maximum Gasteiger partial charge on any atom is 0.259 e. The Morgan fingerprint density at radius 2 is 2.06 bits per heavy atom. The molecule has 11 heteroatoms. The first kappa shape index (κ1) is 23.2. The normalized spacial score (nSPS) is 18.0. The summed E-state index contributed by atoms with van der Waals surface area (Å²) in [4.78, 5) is 19.7. The minimum Gasteiger partial charge on any atom is -0.486 e. The highest BCUT2D eigenvalue weighted by molar-refractivity contribution is 6.04. The van der Waals surface area contributed by atoms with Crippen molar-refractivity contribution < 1.29 is 23.4 Å². The summed E-state index contributed by atoms with van der Waals surface area (Å²) < 4.78 is 33.8. The summed E-state index contributed by atoms with van der Waals surface area (Å²) in [5.41, 5.74) is 0.388. The predicted molar refractivity (Wildman–Crippen MR) is 125 cm³/mol. The molecule has 1 atom stereocenters. The van der Waals surface area contributed by atoms with Crippen molar-refractivity contribution >= 4 is 11.7 Å². The highest BCUT2D eigenvalue weighted by atomic mass is 19.1. The van der Waals surface area contributed by atoms with Crippen LogP contribution in [-0.2, 0) is 4.74 Å². The number of anilines is 1. The molecule has 1 fully saturated rings. The van der Waals surface area contributed by atoms with Crippen LogP contribution in [0.5, 0.6) is 11.5 Å². The van der Waals surface area contributed by atoms with Crippen LogP contribution in [0.4, 0.5) is 10.2 Å². The Kier molecular flexibility index (Phi) is 6.60. The van der Waals surface area contributed by atoms with E-state index < -0.39 is 11.7 Å². The van der Waals surface area contributed by atoms with E-state index in [1.54, 1.807) is 24.5 Å². The number of amides is 1. The highest BCUT2D eigenvalue weighted by Crippen LogP contribution is 2.35. The van der Waals surface area contributed by atoms with E-state index in [1.165, 1.54) is 12.1 Å². The summed E-state index contributed by atoms with van der Waals surface area (Å²) in [6.45, 7) is 8.01. The van der Waals surface area contributed by atoms with Crippen molar-refractivity contribution in [2.45, 2.75) is 26.0 Å². The first-order chi connectivity index (χ1) is 17.0. The van der Waals surface area contributed by atoms with Crippen molar-refractivity contribution in [2.24, 2.45) is 0 Å². The van der Waals surface area contributed by atoms with Crippen molar-refractivity contribution in [2.75, 3.05) is 44.8 Å². The number of halogens is 1. The van der Waals surface area contributed by atoms with Crippen molar-refractivity contribution in [3.05, 3.63) is 48.0 Å². The fourth-order valence-corrected chi connectivity index (χ4v) is 4.09. The van der Waals surface area contributed by atoms with Crippen LogP contribution in [0.15, 0.2) is 36.7 Å². The topological polar surface area (TPSA) is 104 Å². The van der Waals surface area contributed by atoms with Gasteiger partial charge in [-0.05, 0) is 32.0 Å². The average molecular weight is 483 g/mol. The van der Waals surface area contributed by atoms with E-state index in [1.807, 2.05) is 18.4 Å². The van der Waals surface area contributed by atoms with Crippen LogP contribution in [0.1, 0.15) is 30.2 Å². The lowest BCUT2D eigenvalue weighted by Gasteiger charge is -2.33. The standard InChI is InChI=1S/C24H27FN6O4/c1-15(2)31-14-26-29-23(31)19-4-3-5-22(27-19)28-24(32)17-10-21-20(11-18(17)25)34-13-16(35-21)12-30-6-8-33-9-7-30/h3-5,10-11,14-16H,6-9,12-13H2,1-2H3,(H,27,28,32)/t16-/m0/s1. The Hall–Kier alpha value is -3.57. The molecule has 5 rings (SSSR count). The molecule has 0 aliphatic carbocycles. The zero-order valence-electron chi connectivity index (χ0n) is 19.6. The van der Waals surface area contributed by atoms with Gasteiger partial charge in [0.25, 0.3) is 5.91 Å². The number of benzene rings is 1. The molecule has 2 aliphatic rings. The number of aromatic nitrogens is 4. The molecule has 2 aliphatic heterocycles. The summed E-state index contributed by atoms with van der Waals surface area (Å²) in [6.07, 6.45) is 1.41. The molecule has 1 saturated heterocycles. The molecule has 0 radical (unpaired) electrons. The average Bonchev–Trinajstić information content (AvgIpc) is 3.35. The maximum absolute atomic E-state index is 14.8. The first-order valence-corrected chi connectivity index (χ1v) is 11.6. The van der Waals surface area contributed by atoms with Gasteiger partial charge >= 0.3 is 0 Å². The van der Waals surface area contributed by atoms with E-state index in [-0.39, 0.29) is 29.3 Å². The van der Waals surface area contributed by atoms with Crippen LogP contribution in [0, 0.1) is 5.82 Å². The number of hydrogen-bond acceptors (Lipinski definition) is 8. The minimum absolute atomic E-state index is 0.138. The molecular formula is C24H27FN6O4. The first-order valence-electron chi connectivity index (χ1n) is 11.6. The van der Waals surface area contributed by atoms with Crippen molar-refractivity contribution in [1.82, 2.24) is 24.6 Å². The fourth-order valence-electron chi connectivity index (χ4n) is 4.09. The third-order valence-electron chi connectivity index (χ3n) is 5.91. The molecule has 0 unspecified atom stereocenters. The van der Waals surface area contributed by atoms with Gasteiger partial charge in [-0.1, -0.05) is 6.07 Å². The molecule has 1 amide bonds. The highest BCUT2D eigenvalue weighted by Gasteiger charge is 2.27. The number of carbonyl (C=O) groups is 1. The van der Waals surface area contributed by atoms with Gasteiger partial charge in [-0.3, -0.25) is 9.69 Å². The number of nitrogens with zero attached hydrogens (tertiary/aromatic N) is 5. The molecule has 1 aromatic carbocycles. The van der Waals surface area contributed by atoms with Gasteiger partial charge in [-0.2, -0.15) is 0 Å².